The summed E-state index contributed by atoms with van der Waals surface area (Å²) < 4.78 is 0. The first-order chi connectivity index (χ1) is 13.0. The summed E-state index contributed by atoms with van der Waals surface area (Å²) in [6.45, 7) is 3.98. The molecular weight excluding hydrogens is 342 g/mol. The second-order valence-corrected chi connectivity index (χ2v) is 6.96. The molecular formula is C20H21N5O2. The molecule has 7 nitrogen and oxygen atoms in total. The zero-order valence-corrected chi connectivity index (χ0v) is 15.2. The molecule has 0 bridgehead atoms. The first kappa shape index (κ1) is 17.1. The molecule has 27 heavy (non-hydrogen) atoms. The fraction of sp³-hybridized carbons (Fsp3) is 0.250. The van der Waals surface area contributed by atoms with Crippen molar-refractivity contribution < 1.29 is 9.59 Å². The van der Waals surface area contributed by atoms with Crippen LogP contribution in [0.2, 0.25) is 0 Å². The van der Waals surface area contributed by atoms with Gasteiger partial charge in [-0.3, -0.25) is 14.9 Å². The molecule has 2 amide bonds. The van der Waals surface area contributed by atoms with Crippen molar-refractivity contribution in [3.8, 4) is 0 Å². The topological polar surface area (TPSA) is 90.1 Å². The lowest BCUT2D eigenvalue weighted by Gasteiger charge is -2.39. The van der Waals surface area contributed by atoms with Crippen molar-refractivity contribution in [2.45, 2.75) is 20.0 Å². The van der Waals surface area contributed by atoms with Crippen LogP contribution in [0.1, 0.15) is 24.2 Å². The standard InChI is InChI=1S/C20H21N5O2/c1-12(2)18-21-14-8-4-3-7-13(14)19(27)25(18)11-17(26)24-20-22-15-9-5-6-10-16(15)23-20/h3-10,12,18,21H,11H2,1-2H3,(H2,22,23,24,26)/t18-/m0/s1. The number of carbonyl (C=O) groups excluding carboxylic acids is 2. The van der Waals surface area contributed by atoms with Gasteiger partial charge in [0.2, 0.25) is 11.9 Å². The maximum Gasteiger partial charge on any atom is 0.258 e. The fourth-order valence-electron chi connectivity index (χ4n) is 3.35. The summed E-state index contributed by atoms with van der Waals surface area (Å²) in [4.78, 5) is 34.5. The van der Waals surface area contributed by atoms with Crippen LogP contribution in [0, 0.1) is 5.92 Å². The van der Waals surface area contributed by atoms with Gasteiger partial charge in [-0.15, -0.1) is 0 Å². The maximum atomic E-state index is 12.9. The van der Waals surface area contributed by atoms with Gasteiger partial charge in [0.25, 0.3) is 5.91 Å². The van der Waals surface area contributed by atoms with Crippen LogP contribution >= 0.6 is 0 Å². The maximum absolute atomic E-state index is 12.9. The van der Waals surface area contributed by atoms with Gasteiger partial charge in [0, 0.05) is 5.69 Å². The van der Waals surface area contributed by atoms with E-state index in [2.05, 4.69) is 20.6 Å². The van der Waals surface area contributed by atoms with Gasteiger partial charge in [-0.1, -0.05) is 38.1 Å². The summed E-state index contributed by atoms with van der Waals surface area (Å²) in [6.07, 6.45) is -0.256. The highest BCUT2D eigenvalue weighted by molar-refractivity contribution is 6.04. The van der Waals surface area contributed by atoms with Crippen molar-refractivity contribution in [1.82, 2.24) is 14.9 Å². The third-order valence-corrected chi connectivity index (χ3v) is 4.65. The number of hydrogen-bond donors (Lipinski definition) is 3. The molecule has 1 atom stereocenters. The van der Waals surface area contributed by atoms with E-state index in [9.17, 15) is 9.59 Å². The second-order valence-electron chi connectivity index (χ2n) is 6.96. The number of H-pyrrole nitrogens is 1. The molecule has 2 aromatic carbocycles. The van der Waals surface area contributed by atoms with E-state index < -0.39 is 0 Å². The summed E-state index contributed by atoms with van der Waals surface area (Å²) in [5.74, 6) is 0.0680. The van der Waals surface area contributed by atoms with Gasteiger partial charge in [0.05, 0.1) is 16.6 Å². The third kappa shape index (κ3) is 3.23. The molecule has 0 saturated carbocycles. The Hall–Kier alpha value is -3.35. The highest BCUT2D eigenvalue weighted by Crippen LogP contribution is 2.28. The molecule has 0 radical (unpaired) electrons. The number of nitrogens with zero attached hydrogens (tertiary/aromatic N) is 2. The monoisotopic (exact) mass is 363 g/mol. The number of carbonyl (C=O) groups is 2. The molecule has 7 heteroatoms. The fourth-order valence-corrected chi connectivity index (χ4v) is 3.35. The van der Waals surface area contributed by atoms with Gasteiger partial charge in [-0.2, -0.15) is 0 Å². The molecule has 0 unspecified atom stereocenters. The van der Waals surface area contributed by atoms with Crippen molar-refractivity contribution in [3.63, 3.8) is 0 Å². The van der Waals surface area contributed by atoms with Crippen LogP contribution in [0.4, 0.5) is 11.6 Å². The van der Waals surface area contributed by atoms with Gasteiger partial charge in [0.1, 0.15) is 12.7 Å². The minimum Gasteiger partial charge on any atom is -0.364 e. The Morgan fingerprint density at radius 1 is 1.19 bits per heavy atom. The van der Waals surface area contributed by atoms with Gasteiger partial charge in [-0.05, 0) is 30.2 Å². The lowest BCUT2D eigenvalue weighted by molar-refractivity contribution is -0.117. The van der Waals surface area contributed by atoms with Crippen LogP contribution in [-0.2, 0) is 4.79 Å². The molecule has 0 fully saturated rings. The number of anilines is 2. The van der Waals surface area contributed by atoms with Crippen molar-refractivity contribution >= 4 is 34.5 Å². The van der Waals surface area contributed by atoms with Crippen LogP contribution in [0.5, 0.6) is 0 Å². The van der Waals surface area contributed by atoms with E-state index in [1.54, 1.807) is 11.0 Å². The number of aromatic amines is 1. The van der Waals surface area contributed by atoms with Crippen molar-refractivity contribution in [3.05, 3.63) is 54.1 Å². The van der Waals surface area contributed by atoms with E-state index in [1.807, 2.05) is 56.3 Å². The lowest BCUT2D eigenvalue weighted by Crippen LogP contribution is -2.53. The quantitative estimate of drug-likeness (QED) is 0.664. The lowest BCUT2D eigenvalue weighted by atomic mass is 10.0. The highest BCUT2D eigenvalue weighted by Gasteiger charge is 2.34. The largest absolute Gasteiger partial charge is 0.364 e. The molecule has 2 heterocycles. The summed E-state index contributed by atoms with van der Waals surface area (Å²) in [6, 6.07) is 14.9. The number of benzene rings is 2. The van der Waals surface area contributed by atoms with Gasteiger partial charge < -0.3 is 15.2 Å². The molecule has 0 saturated heterocycles. The van der Waals surface area contributed by atoms with E-state index in [1.165, 1.54) is 0 Å². The smallest absolute Gasteiger partial charge is 0.258 e. The van der Waals surface area contributed by atoms with Crippen molar-refractivity contribution in [2.24, 2.45) is 5.92 Å². The summed E-state index contributed by atoms with van der Waals surface area (Å²) in [7, 11) is 0. The first-order valence-electron chi connectivity index (χ1n) is 8.94. The minimum absolute atomic E-state index is 0.0555. The van der Waals surface area contributed by atoms with Crippen LogP contribution in [0.3, 0.4) is 0 Å². The molecule has 1 aliphatic rings. The van der Waals surface area contributed by atoms with E-state index in [4.69, 9.17) is 0 Å². The van der Waals surface area contributed by atoms with E-state index in [0.29, 0.717) is 11.5 Å². The molecule has 3 N–H and O–H groups in total. The second kappa shape index (κ2) is 6.75. The van der Waals surface area contributed by atoms with Gasteiger partial charge in [-0.25, -0.2) is 4.98 Å². The van der Waals surface area contributed by atoms with E-state index in [-0.39, 0.29) is 30.4 Å². The van der Waals surface area contributed by atoms with Crippen LogP contribution in [0.15, 0.2) is 48.5 Å². The minimum atomic E-state index is -0.297. The molecule has 0 aliphatic carbocycles. The number of fused-ring (bicyclic) bond motifs is 2. The normalized spacial score (nSPS) is 16.3. The summed E-state index contributed by atoms with van der Waals surface area (Å²) in [5.41, 5.74) is 3.00. The molecule has 138 valence electrons. The first-order valence-corrected chi connectivity index (χ1v) is 8.94. The zero-order valence-electron chi connectivity index (χ0n) is 15.2. The number of hydrogen-bond acceptors (Lipinski definition) is 4. The Morgan fingerprint density at radius 2 is 1.93 bits per heavy atom. The highest BCUT2D eigenvalue weighted by atomic mass is 16.2. The average molecular weight is 363 g/mol. The number of amides is 2. The number of aromatic nitrogens is 2. The Bertz CT molecular complexity index is 977. The molecule has 4 rings (SSSR count). The van der Waals surface area contributed by atoms with Crippen LogP contribution < -0.4 is 10.6 Å². The molecule has 1 aromatic heterocycles. The van der Waals surface area contributed by atoms with Crippen molar-refractivity contribution in [1.29, 1.82) is 0 Å². The van der Waals surface area contributed by atoms with Crippen LogP contribution in [0.25, 0.3) is 11.0 Å². The van der Waals surface area contributed by atoms with Crippen molar-refractivity contribution in [2.75, 3.05) is 17.2 Å². The average Bonchev–Trinajstić information content (AvgIpc) is 3.05. The molecule has 1 aliphatic heterocycles. The van der Waals surface area contributed by atoms with Crippen LogP contribution in [-0.4, -0.2) is 39.4 Å². The Labute approximate surface area is 156 Å². The van der Waals surface area contributed by atoms with Gasteiger partial charge in [0.15, 0.2) is 0 Å². The predicted molar refractivity (Wildman–Crippen MR) is 104 cm³/mol. The Kier molecular flexibility index (Phi) is 4.27. The number of imidazole rings is 1. The Balaban J connectivity index is 1.54. The number of rotatable bonds is 4. The number of nitrogens with one attached hydrogen (secondary N) is 3. The zero-order chi connectivity index (χ0) is 19.0. The van der Waals surface area contributed by atoms with E-state index in [0.717, 1.165) is 16.7 Å². The molecule has 3 aromatic rings. The summed E-state index contributed by atoms with van der Waals surface area (Å²) >= 11 is 0. The SMILES string of the molecule is CC(C)[C@H]1Nc2ccccc2C(=O)N1CC(=O)Nc1nc2ccccc2[nH]1. The third-order valence-electron chi connectivity index (χ3n) is 4.65. The summed E-state index contributed by atoms with van der Waals surface area (Å²) in [5, 5.41) is 6.12. The Morgan fingerprint density at radius 3 is 2.70 bits per heavy atom. The van der Waals surface area contributed by atoms with E-state index >= 15 is 0 Å². The van der Waals surface area contributed by atoms with Gasteiger partial charge >= 0.3 is 0 Å². The molecule has 0 spiro atoms. The predicted octanol–water partition coefficient (Wildman–Crippen LogP) is 3.05. The number of para-hydroxylation sites is 3.